The number of nitrogens with one attached hydrogen (secondary N) is 1. The zero-order valence-corrected chi connectivity index (χ0v) is 57.0. The average Bonchev–Trinajstić information content (AvgIpc) is 2.62. The fraction of sp³-hybridized carbons (Fsp3) is 0.318. The second-order valence-corrected chi connectivity index (χ2v) is 26.5. The van der Waals surface area contributed by atoms with Crippen LogP contribution in [-0.4, -0.2) is 67.7 Å². The number of hydrogen-bond acceptors (Lipinski definition) is 12. The van der Waals surface area contributed by atoms with Crippen molar-refractivity contribution in [1.82, 2.24) is 29.1 Å². The summed E-state index contributed by atoms with van der Waals surface area (Å²) < 4.78 is 24.9. The van der Waals surface area contributed by atoms with Crippen LogP contribution in [0.4, 0.5) is 0 Å². The lowest BCUT2D eigenvalue weighted by molar-refractivity contribution is 0.415. The van der Waals surface area contributed by atoms with Crippen molar-refractivity contribution >= 4 is 166 Å². The molecule has 0 bridgehead atoms. The molecule has 12 rings (SSSR count). The number of fused-ring (bicyclic) bond motifs is 6. The number of thioether (sulfide) groups is 3. The van der Waals surface area contributed by atoms with E-state index in [1.165, 1.54) is 108 Å². The topological polar surface area (TPSA) is 92.0 Å². The number of halogens is 2. The molecule has 0 aliphatic rings. The summed E-state index contributed by atoms with van der Waals surface area (Å²) in [7, 11) is 5.10. The van der Waals surface area contributed by atoms with Gasteiger partial charge < -0.3 is 28.3 Å². The van der Waals surface area contributed by atoms with Gasteiger partial charge in [0.2, 0.25) is 0 Å². The largest absolute Gasteiger partial charge is 0.497 e. The highest BCUT2D eigenvalue weighted by Gasteiger charge is 2.18. The summed E-state index contributed by atoms with van der Waals surface area (Å²) in [6.07, 6.45) is 7.27. The molecule has 6 aromatic carbocycles. The van der Waals surface area contributed by atoms with Gasteiger partial charge in [-0.15, -0.1) is 51.0 Å². The smallest absolute Gasteiger partial charge is 0.169 e. The number of unbranched alkanes of at least 4 members (excludes halogenated alkanes) is 3. The molecular weight excluding hydrogens is 1280 g/mol. The van der Waals surface area contributed by atoms with Gasteiger partial charge in [-0.1, -0.05) is 128 Å². The van der Waals surface area contributed by atoms with Gasteiger partial charge in [0.05, 0.1) is 67.5 Å². The summed E-state index contributed by atoms with van der Waals surface area (Å²) in [5.74, 6) is 5.91. The van der Waals surface area contributed by atoms with Crippen LogP contribution in [0.3, 0.4) is 0 Å². The number of alkyl halides is 1. The number of methoxy groups -OCH3 is 3. The Balaban J connectivity index is 0.000000167. The van der Waals surface area contributed by atoms with Gasteiger partial charge in [-0.3, -0.25) is 0 Å². The number of aryl methyl sites for hydroxylation is 3. The molecule has 0 aliphatic heterocycles. The highest BCUT2D eigenvalue weighted by atomic mass is 79.9. The van der Waals surface area contributed by atoms with E-state index in [9.17, 15) is 0 Å². The molecule has 0 saturated heterocycles. The third kappa shape index (κ3) is 15.7. The number of ether oxygens (including phenoxy) is 3. The van der Waals surface area contributed by atoms with Crippen molar-refractivity contribution in [1.29, 1.82) is 0 Å². The predicted octanol–water partition coefficient (Wildman–Crippen LogP) is 21.4. The zero-order chi connectivity index (χ0) is 57.5. The number of nitrogens with zero attached hydrogens (tertiary/aromatic N) is 5. The number of aromatic amines is 1. The second kappa shape index (κ2) is 31.4. The first-order valence-corrected chi connectivity index (χ1v) is 34.7. The molecule has 0 radical (unpaired) electrons. The first-order valence-electron chi connectivity index (χ1n) is 28.0. The normalized spacial score (nSPS) is 11.2. The molecule has 0 atom stereocenters. The van der Waals surface area contributed by atoms with E-state index < -0.39 is 0 Å². The quantitative estimate of drug-likeness (QED) is 0.0455. The van der Waals surface area contributed by atoms with Gasteiger partial charge in [-0.2, -0.15) is 0 Å². The van der Waals surface area contributed by atoms with Crippen LogP contribution in [0.2, 0.25) is 0 Å². The first-order chi connectivity index (χ1) is 40.1. The van der Waals surface area contributed by atoms with Gasteiger partial charge in [-0.05, 0) is 150 Å². The lowest BCUT2D eigenvalue weighted by atomic mass is 10.1. The van der Waals surface area contributed by atoms with Crippen LogP contribution < -0.4 is 14.2 Å². The molecule has 12 aromatic rings. The monoisotopic (exact) mass is 1350 g/mol. The van der Waals surface area contributed by atoms with Crippen LogP contribution in [0.25, 0.3) is 63.4 Å². The fourth-order valence-electron chi connectivity index (χ4n) is 9.74. The Morgan fingerprint density at radius 3 is 1.47 bits per heavy atom. The lowest BCUT2D eigenvalue weighted by Gasteiger charge is -2.10. The number of thiophene rings is 3. The molecule has 0 saturated carbocycles. The summed E-state index contributed by atoms with van der Waals surface area (Å²) in [5, 5.41) is 15.2. The Morgan fingerprint density at radius 2 is 0.952 bits per heavy atom. The molecule has 0 unspecified atom stereocenters. The summed E-state index contributed by atoms with van der Waals surface area (Å²) in [6.45, 7) is 14.9. The summed E-state index contributed by atoms with van der Waals surface area (Å²) >= 11 is 14.5. The SMILES string of the molecule is Br.CCCCSc1nc2cc(OC)ccc2n1Cc1csc2cccc(C)c12.CCCCSc1nc2ccc(OC)cc2[nH]1.CCCCSc1nc2ccc(OC)cc2n1Cc1csc2cccc(C)c12.Cc1cccc2scc(CBr)c12.[HH]. The standard InChI is InChI=1S/2C22H24N2OS2.C12H16N2OS.C10H9BrS.BrH.H2/c1-4-5-11-26-22-23-18-12-17(25-3)9-10-19(18)24(22)13-16-14-27-20-8-6-7-15(2)21(16)20;1-4-5-11-26-22-23-18-10-9-17(25-3)12-19(18)24(22)13-16-14-27-20-8-6-7-15(2)21(16)20;1-3-4-7-16-12-13-10-6-5-9(15-2)8-11(10)14-12;1-7-3-2-4-9-10(7)8(5-11)6-12-9;;/h2*6-10,12,14H,4-5,11,13H2,1-3H3;5-6,8H,3-4,7H2,1-2H3,(H,13,14);2-4,6H,5H2,1H3;2*1H. The van der Waals surface area contributed by atoms with Crippen molar-refractivity contribution in [2.75, 3.05) is 38.6 Å². The van der Waals surface area contributed by atoms with Crippen molar-refractivity contribution in [2.24, 2.45) is 0 Å². The maximum absolute atomic E-state index is 5.46. The van der Waals surface area contributed by atoms with Gasteiger partial charge in [0.1, 0.15) is 17.2 Å². The van der Waals surface area contributed by atoms with Crippen LogP contribution in [0.15, 0.2) is 141 Å². The van der Waals surface area contributed by atoms with E-state index in [0.29, 0.717) is 0 Å². The number of H-pyrrole nitrogens is 1. The van der Waals surface area contributed by atoms with Crippen LogP contribution in [0.1, 0.15) is 94.1 Å². The Morgan fingerprint density at radius 1 is 0.506 bits per heavy atom. The number of imidazole rings is 3. The van der Waals surface area contributed by atoms with Crippen molar-refractivity contribution in [3.63, 3.8) is 0 Å². The summed E-state index contributed by atoms with van der Waals surface area (Å²) in [4.78, 5) is 17.7. The molecule has 0 spiro atoms. The number of aromatic nitrogens is 6. The van der Waals surface area contributed by atoms with E-state index in [-0.39, 0.29) is 18.4 Å². The minimum Gasteiger partial charge on any atom is -0.497 e. The zero-order valence-electron chi connectivity index (χ0n) is 48.8. The minimum atomic E-state index is 0. The number of rotatable bonds is 20. The minimum absolute atomic E-state index is 0. The second-order valence-electron chi connectivity index (χ2n) is 20.0. The molecule has 0 amide bonds. The molecule has 83 heavy (non-hydrogen) atoms. The van der Waals surface area contributed by atoms with E-state index in [0.717, 1.165) is 96.0 Å². The van der Waals surface area contributed by atoms with Gasteiger partial charge in [0, 0.05) is 67.1 Å². The Labute approximate surface area is 534 Å². The fourth-order valence-corrected chi connectivity index (χ4v) is 16.7. The third-order valence-electron chi connectivity index (χ3n) is 14.2. The molecule has 0 aliphatic carbocycles. The van der Waals surface area contributed by atoms with Crippen molar-refractivity contribution in [3.8, 4) is 17.2 Å². The van der Waals surface area contributed by atoms with Crippen LogP contribution in [0.5, 0.6) is 17.2 Å². The molecule has 6 heterocycles. The first kappa shape index (κ1) is 64.0. The van der Waals surface area contributed by atoms with E-state index in [1.807, 2.05) is 93.9 Å². The molecule has 6 aromatic heterocycles. The van der Waals surface area contributed by atoms with Gasteiger partial charge in [0.15, 0.2) is 15.5 Å². The number of benzene rings is 6. The van der Waals surface area contributed by atoms with Gasteiger partial charge >= 0.3 is 0 Å². The Bertz CT molecular complexity index is 4030. The maximum atomic E-state index is 5.46. The number of hydrogen-bond donors (Lipinski definition) is 1. The molecule has 0 fully saturated rings. The van der Waals surface area contributed by atoms with E-state index in [4.69, 9.17) is 24.2 Å². The van der Waals surface area contributed by atoms with Crippen molar-refractivity contribution < 1.29 is 15.6 Å². The van der Waals surface area contributed by atoms with Gasteiger partial charge in [0.25, 0.3) is 0 Å². The molecule has 438 valence electrons. The maximum Gasteiger partial charge on any atom is 0.169 e. The van der Waals surface area contributed by atoms with Gasteiger partial charge in [-0.25, -0.2) is 15.0 Å². The van der Waals surface area contributed by atoms with Crippen LogP contribution >= 0.6 is 102 Å². The molecule has 17 heteroatoms. The summed E-state index contributed by atoms with van der Waals surface area (Å²) in [5.41, 5.74) is 14.6. The highest BCUT2D eigenvalue weighted by molar-refractivity contribution is 9.08. The highest BCUT2D eigenvalue weighted by Crippen LogP contribution is 2.36. The van der Waals surface area contributed by atoms with Crippen molar-refractivity contribution in [3.05, 3.63) is 159 Å². The lowest BCUT2D eigenvalue weighted by Crippen LogP contribution is -2.02. The van der Waals surface area contributed by atoms with Crippen LogP contribution in [-0.2, 0) is 18.4 Å². The van der Waals surface area contributed by atoms with E-state index in [2.05, 4.69) is 166 Å². The molecule has 9 nitrogen and oxygen atoms in total. The molecule has 1 N–H and O–H groups in total. The van der Waals surface area contributed by atoms with Crippen LogP contribution in [0, 0.1) is 20.8 Å². The predicted molar refractivity (Wildman–Crippen MR) is 375 cm³/mol. The Kier molecular flexibility index (Phi) is 24.2. The average molecular weight is 1350 g/mol. The summed E-state index contributed by atoms with van der Waals surface area (Å²) in [6, 6.07) is 37.8. The van der Waals surface area contributed by atoms with E-state index >= 15 is 0 Å². The van der Waals surface area contributed by atoms with E-state index in [1.54, 1.807) is 33.1 Å². The van der Waals surface area contributed by atoms with Crippen molar-refractivity contribution in [2.45, 2.75) is 114 Å². The third-order valence-corrected chi connectivity index (χ3v) is 20.8. The molecular formula is C66H76Br2N6O3S6. The Hall–Kier alpha value is -4.98.